The Bertz CT molecular complexity index is 695. The first-order chi connectivity index (χ1) is 9.65. The van der Waals surface area contributed by atoms with E-state index in [0.717, 1.165) is 0 Å². The third-order valence-electron chi connectivity index (χ3n) is 2.78. The van der Waals surface area contributed by atoms with Crippen LogP contribution < -0.4 is 4.74 Å². The van der Waals surface area contributed by atoms with Crippen molar-refractivity contribution in [3.8, 4) is 11.8 Å². The molecule has 0 fully saturated rings. The molecule has 5 heteroatoms. The van der Waals surface area contributed by atoms with E-state index >= 15 is 0 Å². The molecule has 2 rings (SSSR count). The smallest absolute Gasteiger partial charge is 0.134 e. The lowest BCUT2D eigenvalue weighted by Crippen LogP contribution is -2.01. The van der Waals surface area contributed by atoms with Crippen molar-refractivity contribution in [1.29, 1.82) is 5.26 Å². The molecule has 0 N–H and O–H groups in total. The Morgan fingerprint density at radius 3 is 2.75 bits per heavy atom. The number of ether oxygens (including phenoxy) is 1. The molecule has 102 valence electrons. The summed E-state index contributed by atoms with van der Waals surface area (Å²) in [5.41, 5.74) is 0.603. The number of rotatable bonds is 4. The first kappa shape index (κ1) is 14.2. The van der Waals surface area contributed by atoms with Crippen molar-refractivity contribution < 1.29 is 13.3 Å². The lowest BCUT2D eigenvalue weighted by Gasteiger charge is -2.08. The fourth-order valence-corrected chi connectivity index (χ4v) is 3.05. The van der Waals surface area contributed by atoms with Crippen molar-refractivity contribution in [2.24, 2.45) is 0 Å². The zero-order chi connectivity index (χ0) is 14.5. The maximum absolute atomic E-state index is 13.7. The van der Waals surface area contributed by atoms with Gasteiger partial charge in [-0.25, -0.2) is 4.39 Å². The first-order valence-corrected chi connectivity index (χ1v) is 7.17. The molecule has 0 radical (unpaired) electrons. The minimum absolute atomic E-state index is 0.00171. The molecule has 3 nitrogen and oxygen atoms in total. The van der Waals surface area contributed by atoms with Gasteiger partial charge in [-0.2, -0.15) is 5.26 Å². The number of hydrogen-bond acceptors (Lipinski definition) is 3. The number of halogens is 1. The highest BCUT2D eigenvalue weighted by Crippen LogP contribution is 2.24. The van der Waals surface area contributed by atoms with Gasteiger partial charge in [0.05, 0.1) is 40.2 Å². The Balaban J connectivity index is 2.30. The molecule has 2 aromatic carbocycles. The third-order valence-corrected chi connectivity index (χ3v) is 4.18. The molecule has 0 heterocycles. The highest BCUT2D eigenvalue weighted by atomic mass is 32.2. The second kappa shape index (κ2) is 6.31. The fraction of sp³-hybridized carbons (Fsp3) is 0.133. The third kappa shape index (κ3) is 3.03. The number of benzene rings is 2. The molecule has 0 amide bonds. The zero-order valence-electron chi connectivity index (χ0n) is 10.8. The Labute approximate surface area is 119 Å². The van der Waals surface area contributed by atoms with Crippen molar-refractivity contribution in [2.75, 3.05) is 7.11 Å². The van der Waals surface area contributed by atoms with Crippen molar-refractivity contribution >= 4 is 10.8 Å². The topological polar surface area (TPSA) is 50.1 Å². The van der Waals surface area contributed by atoms with Crippen LogP contribution >= 0.6 is 0 Å². The predicted molar refractivity (Wildman–Crippen MR) is 74.2 cm³/mol. The summed E-state index contributed by atoms with van der Waals surface area (Å²) < 4.78 is 31.2. The second-order valence-electron chi connectivity index (χ2n) is 4.06. The van der Waals surface area contributed by atoms with Crippen LogP contribution in [0.15, 0.2) is 47.4 Å². The molecular weight excluding hydrogens is 277 g/mol. The van der Waals surface area contributed by atoms with E-state index in [2.05, 4.69) is 0 Å². The SMILES string of the molecule is COc1ccccc1S(=O)Cc1cc(C#N)ccc1F. The van der Waals surface area contributed by atoms with Crippen molar-refractivity contribution in [3.05, 3.63) is 59.4 Å². The number of methoxy groups -OCH3 is 1. The van der Waals surface area contributed by atoms with Crippen LogP contribution in [0, 0.1) is 17.1 Å². The summed E-state index contributed by atoms with van der Waals surface area (Å²) in [5, 5.41) is 8.82. The quantitative estimate of drug-likeness (QED) is 0.869. The minimum Gasteiger partial charge on any atom is -0.495 e. The van der Waals surface area contributed by atoms with Crippen molar-refractivity contribution in [1.82, 2.24) is 0 Å². The van der Waals surface area contributed by atoms with Gasteiger partial charge in [-0.3, -0.25) is 4.21 Å². The molecule has 0 spiro atoms. The summed E-state index contributed by atoms with van der Waals surface area (Å²) in [4.78, 5) is 0.511. The molecule has 0 aliphatic heterocycles. The fourth-order valence-electron chi connectivity index (χ4n) is 1.78. The van der Waals surface area contributed by atoms with Crippen LogP contribution in [-0.4, -0.2) is 11.3 Å². The van der Waals surface area contributed by atoms with Crippen molar-refractivity contribution in [3.63, 3.8) is 0 Å². The molecule has 0 aliphatic carbocycles. The van der Waals surface area contributed by atoms with Crippen LogP contribution in [0.2, 0.25) is 0 Å². The van der Waals surface area contributed by atoms with E-state index in [4.69, 9.17) is 10.00 Å². The largest absolute Gasteiger partial charge is 0.495 e. The molecule has 20 heavy (non-hydrogen) atoms. The van der Waals surface area contributed by atoms with Gasteiger partial charge in [-0.05, 0) is 30.3 Å². The molecule has 0 saturated carbocycles. The standard InChI is InChI=1S/C15H12FNO2S/c1-19-14-4-2-3-5-15(14)20(18)10-12-8-11(9-17)6-7-13(12)16/h2-8H,10H2,1H3. The number of nitrogens with zero attached hydrogens (tertiary/aromatic N) is 1. The normalized spacial score (nSPS) is 11.7. The minimum atomic E-state index is -1.44. The van der Waals surface area contributed by atoms with Gasteiger partial charge in [-0.1, -0.05) is 12.1 Å². The second-order valence-corrected chi connectivity index (χ2v) is 5.48. The van der Waals surface area contributed by atoms with Crippen LogP contribution in [0.4, 0.5) is 4.39 Å². The summed E-state index contributed by atoms with van der Waals surface area (Å²) in [6.07, 6.45) is 0. The number of nitriles is 1. The van der Waals surface area contributed by atoms with Crippen LogP contribution in [0.5, 0.6) is 5.75 Å². The van der Waals surface area contributed by atoms with E-state index in [1.165, 1.54) is 25.3 Å². The summed E-state index contributed by atoms with van der Waals surface area (Å²) in [6, 6.07) is 12.9. The van der Waals surface area contributed by atoms with E-state index in [1.54, 1.807) is 24.3 Å². The summed E-state index contributed by atoms with van der Waals surface area (Å²) in [6.45, 7) is 0. The monoisotopic (exact) mass is 289 g/mol. The Morgan fingerprint density at radius 2 is 2.05 bits per heavy atom. The molecule has 1 atom stereocenters. The van der Waals surface area contributed by atoms with Crippen molar-refractivity contribution in [2.45, 2.75) is 10.6 Å². The lowest BCUT2D eigenvalue weighted by molar-refractivity contribution is 0.404. The lowest BCUT2D eigenvalue weighted by atomic mass is 10.1. The van der Waals surface area contributed by atoms with Gasteiger partial charge in [0.2, 0.25) is 0 Å². The van der Waals surface area contributed by atoms with Gasteiger partial charge in [0.1, 0.15) is 11.6 Å². The van der Waals surface area contributed by atoms with Gasteiger partial charge < -0.3 is 4.74 Å². The highest BCUT2D eigenvalue weighted by molar-refractivity contribution is 7.84. The van der Waals surface area contributed by atoms with Crippen LogP contribution in [-0.2, 0) is 16.6 Å². The van der Waals surface area contributed by atoms with Crippen LogP contribution in [0.1, 0.15) is 11.1 Å². The number of hydrogen-bond donors (Lipinski definition) is 0. The Morgan fingerprint density at radius 1 is 1.30 bits per heavy atom. The maximum Gasteiger partial charge on any atom is 0.134 e. The van der Waals surface area contributed by atoms with E-state index < -0.39 is 16.6 Å². The molecular formula is C15H12FNO2S. The van der Waals surface area contributed by atoms with Gasteiger partial charge in [0, 0.05) is 5.56 Å². The highest BCUT2D eigenvalue weighted by Gasteiger charge is 2.13. The first-order valence-electron chi connectivity index (χ1n) is 5.85. The van der Waals surface area contributed by atoms with E-state index in [9.17, 15) is 8.60 Å². The molecule has 2 aromatic rings. The average molecular weight is 289 g/mol. The van der Waals surface area contributed by atoms with E-state index in [-0.39, 0.29) is 11.3 Å². The molecule has 0 aromatic heterocycles. The average Bonchev–Trinajstić information content (AvgIpc) is 2.49. The van der Waals surface area contributed by atoms with Gasteiger partial charge >= 0.3 is 0 Å². The Hall–Kier alpha value is -2.19. The van der Waals surface area contributed by atoms with Crippen LogP contribution in [0.3, 0.4) is 0 Å². The number of para-hydroxylation sites is 1. The summed E-state index contributed by atoms with van der Waals surface area (Å²) in [5.74, 6) is 0.0387. The van der Waals surface area contributed by atoms with E-state index in [1.807, 2.05) is 6.07 Å². The zero-order valence-corrected chi connectivity index (χ0v) is 11.6. The van der Waals surface area contributed by atoms with Gasteiger partial charge in [0.15, 0.2) is 0 Å². The predicted octanol–water partition coefficient (Wildman–Crippen LogP) is 3.01. The molecule has 0 saturated heterocycles. The summed E-state index contributed by atoms with van der Waals surface area (Å²) >= 11 is 0. The van der Waals surface area contributed by atoms with Gasteiger partial charge in [-0.15, -0.1) is 0 Å². The van der Waals surface area contributed by atoms with Gasteiger partial charge in [0.25, 0.3) is 0 Å². The molecule has 1 unspecified atom stereocenters. The molecule has 0 aliphatic rings. The summed E-state index contributed by atoms with van der Waals surface area (Å²) in [7, 11) is 0.0522. The Kier molecular flexibility index (Phi) is 4.49. The maximum atomic E-state index is 13.7. The van der Waals surface area contributed by atoms with Crippen LogP contribution in [0.25, 0.3) is 0 Å². The molecule has 0 bridgehead atoms. The van der Waals surface area contributed by atoms with E-state index in [0.29, 0.717) is 16.2 Å².